The van der Waals surface area contributed by atoms with Gasteiger partial charge in [0, 0.05) is 26.7 Å². The number of ether oxygens (including phenoxy) is 3. The van der Waals surface area contributed by atoms with E-state index in [4.69, 9.17) is 14.2 Å². The summed E-state index contributed by atoms with van der Waals surface area (Å²) in [6.45, 7) is 8.74. The Kier molecular flexibility index (Phi) is 14.1. The summed E-state index contributed by atoms with van der Waals surface area (Å²) in [7, 11) is 5.13. The zero-order valence-corrected chi connectivity index (χ0v) is 19.8. The topological polar surface area (TPSA) is 64.1 Å². The SMILES string of the molecule is CCOC(CCNC(=NC)NCCc1cc(OC)ccc1OC)C(C)C.I. The van der Waals surface area contributed by atoms with Crippen LogP contribution in [0.25, 0.3) is 0 Å². The molecular weight excluding hydrogens is 457 g/mol. The molecule has 0 fully saturated rings. The first-order chi connectivity index (χ1) is 12.5. The third kappa shape index (κ3) is 9.51. The molecule has 0 heterocycles. The lowest BCUT2D eigenvalue weighted by atomic mass is 10.0. The van der Waals surface area contributed by atoms with Crippen molar-refractivity contribution in [3.05, 3.63) is 23.8 Å². The molecule has 1 aromatic carbocycles. The van der Waals surface area contributed by atoms with E-state index in [1.165, 1.54) is 0 Å². The normalized spacial score (nSPS) is 12.3. The molecule has 1 aromatic rings. The number of hydrogen-bond acceptors (Lipinski definition) is 4. The van der Waals surface area contributed by atoms with Gasteiger partial charge in [0.25, 0.3) is 0 Å². The Morgan fingerprint density at radius 2 is 1.81 bits per heavy atom. The van der Waals surface area contributed by atoms with E-state index in [1.807, 2.05) is 25.1 Å². The summed E-state index contributed by atoms with van der Waals surface area (Å²) in [5.41, 5.74) is 1.10. The molecule has 1 unspecified atom stereocenters. The van der Waals surface area contributed by atoms with Gasteiger partial charge in [-0.25, -0.2) is 0 Å². The number of rotatable bonds is 11. The largest absolute Gasteiger partial charge is 0.497 e. The highest BCUT2D eigenvalue weighted by molar-refractivity contribution is 14.0. The van der Waals surface area contributed by atoms with Crippen LogP contribution < -0.4 is 20.1 Å². The van der Waals surface area contributed by atoms with Crippen LogP contribution in [0.15, 0.2) is 23.2 Å². The summed E-state index contributed by atoms with van der Waals surface area (Å²) in [5, 5.41) is 6.70. The van der Waals surface area contributed by atoms with E-state index in [9.17, 15) is 0 Å². The fourth-order valence-electron chi connectivity index (χ4n) is 2.77. The van der Waals surface area contributed by atoms with Gasteiger partial charge in [0.2, 0.25) is 0 Å². The van der Waals surface area contributed by atoms with Gasteiger partial charge in [0.05, 0.1) is 20.3 Å². The second-order valence-corrected chi connectivity index (χ2v) is 6.38. The van der Waals surface area contributed by atoms with Crippen LogP contribution in [-0.2, 0) is 11.2 Å². The zero-order chi connectivity index (χ0) is 19.4. The van der Waals surface area contributed by atoms with E-state index in [0.29, 0.717) is 5.92 Å². The molecule has 0 amide bonds. The Balaban J connectivity index is 0.00000676. The molecule has 0 aliphatic carbocycles. The van der Waals surface area contributed by atoms with E-state index in [0.717, 1.165) is 55.6 Å². The van der Waals surface area contributed by atoms with E-state index in [1.54, 1.807) is 21.3 Å². The number of nitrogens with one attached hydrogen (secondary N) is 2. The second kappa shape index (κ2) is 14.8. The van der Waals surface area contributed by atoms with Crippen LogP contribution in [0.1, 0.15) is 32.8 Å². The summed E-state index contributed by atoms with van der Waals surface area (Å²) in [6.07, 6.45) is 2.04. The van der Waals surface area contributed by atoms with Gasteiger partial charge in [-0.1, -0.05) is 13.8 Å². The van der Waals surface area contributed by atoms with Crippen molar-refractivity contribution in [3.8, 4) is 11.5 Å². The quantitative estimate of drug-likeness (QED) is 0.281. The number of guanidine groups is 1. The number of nitrogens with zero attached hydrogens (tertiary/aromatic N) is 1. The van der Waals surface area contributed by atoms with Crippen molar-refractivity contribution in [2.24, 2.45) is 10.9 Å². The van der Waals surface area contributed by atoms with Crippen molar-refractivity contribution < 1.29 is 14.2 Å². The van der Waals surface area contributed by atoms with Crippen molar-refractivity contribution in [3.63, 3.8) is 0 Å². The molecule has 0 bridgehead atoms. The van der Waals surface area contributed by atoms with Crippen LogP contribution in [0.4, 0.5) is 0 Å². The first-order valence-corrected chi connectivity index (χ1v) is 9.32. The van der Waals surface area contributed by atoms with Gasteiger partial charge in [0.15, 0.2) is 5.96 Å². The van der Waals surface area contributed by atoms with Crippen LogP contribution in [0.2, 0.25) is 0 Å². The Bertz CT molecular complexity index is 553. The average Bonchev–Trinajstić information content (AvgIpc) is 2.65. The molecular formula is C20H36IN3O3. The van der Waals surface area contributed by atoms with Crippen molar-refractivity contribution in [1.82, 2.24) is 10.6 Å². The molecule has 0 saturated heterocycles. The van der Waals surface area contributed by atoms with Crippen LogP contribution in [0.3, 0.4) is 0 Å². The van der Waals surface area contributed by atoms with E-state index in [-0.39, 0.29) is 30.1 Å². The summed E-state index contributed by atoms with van der Waals surface area (Å²) >= 11 is 0. The number of methoxy groups -OCH3 is 2. The molecule has 1 rings (SSSR count). The monoisotopic (exact) mass is 493 g/mol. The molecule has 2 N–H and O–H groups in total. The standard InChI is InChI=1S/C20H35N3O3.HI/c1-7-26-18(15(2)3)11-13-23-20(21-4)22-12-10-16-14-17(24-5)8-9-19(16)25-6;/h8-9,14-15,18H,7,10-13H2,1-6H3,(H2,21,22,23);1H. The lowest BCUT2D eigenvalue weighted by Crippen LogP contribution is -2.40. The Labute approximate surface area is 181 Å². The molecule has 7 heteroatoms. The molecule has 0 aromatic heterocycles. The van der Waals surface area contributed by atoms with Crippen molar-refractivity contribution in [1.29, 1.82) is 0 Å². The average molecular weight is 493 g/mol. The van der Waals surface area contributed by atoms with Crippen LogP contribution in [-0.4, -0.2) is 53.0 Å². The molecule has 27 heavy (non-hydrogen) atoms. The van der Waals surface area contributed by atoms with E-state index >= 15 is 0 Å². The molecule has 6 nitrogen and oxygen atoms in total. The Morgan fingerprint density at radius 3 is 2.37 bits per heavy atom. The first kappa shape index (κ1) is 25.8. The molecule has 1 atom stereocenters. The lowest BCUT2D eigenvalue weighted by Gasteiger charge is -2.21. The van der Waals surface area contributed by atoms with E-state index in [2.05, 4.69) is 29.5 Å². The summed E-state index contributed by atoms with van der Waals surface area (Å²) < 4.78 is 16.5. The molecule has 156 valence electrons. The third-order valence-electron chi connectivity index (χ3n) is 4.24. The van der Waals surface area contributed by atoms with Gasteiger partial charge < -0.3 is 24.8 Å². The van der Waals surface area contributed by atoms with Crippen LogP contribution in [0, 0.1) is 5.92 Å². The highest BCUT2D eigenvalue weighted by atomic mass is 127. The molecule has 0 aliphatic heterocycles. The predicted octanol–water partition coefficient (Wildman–Crippen LogP) is 3.48. The maximum absolute atomic E-state index is 5.78. The van der Waals surface area contributed by atoms with Crippen molar-refractivity contribution in [2.45, 2.75) is 39.7 Å². The maximum atomic E-state index is 5.78. The maximum Gasteiger partial charge on any atom is 0.190 e. The molecule has 0 spiro atoms. The van der Waals surface area contributed by atoms with Gasteiger partial charge in [-0.15, -0.1) is 24.0 Å². The minimum Gasteiger partial charge on any atom is -0.497 e. The fraction of sp³-hybridized carbons (Fsp3) is 0.650. The van der Waals surface area contributed by atoms with Gasteiger partial charge in [-0.3, -0.25) is 4.99 Å². The van der Waals surface area contributed by atoms with E-state index < -0.39 is 0 Å². The minimum atomic E-state index is 0. The number of aliphatic imine (C=N–C) groups is 1. The highest BCUT2D eigenvalue weighted by Crippen LogP contribution is 2.24. The van der Waals surface area contributed by atoms with Crippen LogP contribution >= 0.6 is 24.0 Å². The fourth-order valence-corrected chi connectivity index (χ4v) is 2.77. The number of halogens is 1. The molecule has 0 aliphatic rings. The van der Waals surface area contributed by atoms with Crippen molar-refractivity contribution >= 4 is 29.9 Å². The first-order valence-electron chi connectivity index (χ1n) is 9.32. The zero-order valence-electron chi connectivity index (χ0n) is 17.5. The van der Waals surface area contributed by atoms with Crippen molar-refractivity contribution in [2.75, 3.05) is 41.0 Å². The van der Waals surface area contributed by atoms with Gasteiger partial charge in [-0.2, -0.15) is 0 Å². The highest BCUT2D eigenvalue weighted by Gasteiger charge is 2.13. The summed E-state index contributed by atoms with van der Waals surface area (Å²) in [4.78, 5) is 4.28. The van der Waals surface area contributed by atoms with Gasteiger partial charge in [0.1, 0.15) is 11.5 Å². The molecule has 0 saturated carbocycles. The number of benzene rings is 1. The summed E-state index contributed by atoms with van der Waals surface area (Å²) in [5.74, 6) is 3.00. The lowest BCUT2D eigenvalue weighted by molar-refractivity contribution is 0.0258. The second-order valence-electron chi connectivity index (χ2n) is 6.38. The van der Waals surface area contributed by atoms with Gasteiger partial charge >= 0.3 is 0 Å². The summed E-state index contributed by atoms with van der Waals surface area (Å²) in [6, 6.07) is 5.84. The predicted molar refractivity (Wildman–Crippen MR) is 123 cm³/mol. The minimum absolute atomic E-state index is 0. The van der Waals surface area contributed by atoms with Gasteiger partial charge in [-0.05, 0) is 49.4 Å². The Morgan fingerprint density at radius 1 is 1.11 bits per heavy atom. The number of hydrogen-bond donors (Lipinski definition) is 2. The third-order valence-corrected chi connectivity index (χ3v) is 4.24. The smallest absolute Gasteiger partial charge is 0.190 e. The Hall–Kier alpha value is -1.22. The molecule has 0 radical (unpaired) electrons. The van der Waals surface area contributed by atoms with Crippen LogP contribution in [0.5, 0.6) is 11.5 Å².